The number of nitrogens with two attached hydrogens (primary N) is 1. The predicted molar refractivity (Wildman–Crippen MR) is 67.4 cm³/mol. The average Bonchev–Trinajstić information content (AvgIpc) is 2.72. The molecular formula is C13H16F2N2O3. The lowest BCUT2D eigenvalue weighted by Gasteiger charge is -2.20. The van der Waals surface area contributed by atoms with Crippen molar-refractivity contribution in [2.75, 3.05) is 20.2 Å². The van der Waals surface area contributed by atoms with Crippen LogP contribution in [-0.2, 0) is 11.3 Å². The molecule has 0 spiro atoms. The van der Waals surface area contributed by atoms with E-state index in [-0.39, 0.29) is 13.1 Å². The van der Waals surface area contributed by atoms with E-state index in [1.807, 2.05) is 0 Å². The molecule has 1 saturated heterocycles. The minimum Gasteiger partial charge on any atom is -0.491 e. The van der Waals surface area contributed by atoms with Crippen LogP contribution in [0.5, 0.6) is 5.75 Å². The molecule has 20 heavy (non-hydrogen) atoms. The molecule has 1 fully saturated rings. The lowest BCUT2D eigenvalue weighted by atomic mass is 10.0. The summed E-state index contributed by atoms with van der Waals surface area (Å²) in [7, 11) is 1.19. The molecule has 0 saturated carbocycles. The summed E-state index contributed by atoms with van der Waals surface area (Å²) in [5, 5.41) is 9.02. The van der Waals surface area contributed by atoms with Gasteiger partial charge in [0.25, 0.3) is 0 Å². The molecule has 7 heteroatoms. The molecule has 0 aliphatic carbocycles. The first-order valence-corrected chi connectivity index (χ1v) is 6.12. The first-order chi connectivity index (χ1) is 9.35. The Morgan fingerprint density at radius 3 is 2.55 bits per heavy atom. The number of nitrogens with zero attached hydrogens (tertiary/aromatic N) is 1. The first kappa shape index (κ1) is 14.7. The minimum absolute atomic E-state index is 0.150. The number of rotatable bonds is 4. The van der Waals surface area contributed by atoms with Gasteiger partial charge in [0, 0.05) is 19.6 Å². The van der Waals surface area contributed by atoms with Crippen LogP contribution in [0.15, 0.2) is 12.1 Å². The third-order valence-corrected chi connectivity index (χ3v) is 3.47. The van der Waals surface area contributed by atoms with Crippen molar-refractivity contribution in [2.45, 2.75) is 18.5 Å². The zero-order valence-electron chi connectivity index (χ0n) is 11.0. The SMILES string of the molecule is COc1c(F)cc(CN2CC[C@](N)(C(=O)O)C2)cc1F. The van der Waals surface area contributed by atoms with Crippen molar-refractivity contribution < 1.29 is 23.4 Å². The number of hydrogen-bond acceptors (Lipinski definition) is 4. The van der Waals surface area contributed by atoms with Gasteiger partial charge >= 0.3 is 5.97 Å². The van der Waals surface area contributed by atoms with Crippen molar-refractivity contribution in [1.82, 2.24) is 4.90 Å². The summed E-state index contributed by atoms with van der Waals surface area (Å²) >= 11 is 0. The molecule has 1 aliphatic heterocycles. The Morgan fingerprint density at radius 2 is 2.10 bits per heavy atom. The zero-order chi connectivity index (χ0) is 14.9. The number of carboxylic acid groups (broad SMARTS) is 1. The molecule has 0 unspecified atom stereocenters. The number of ether oxygens (including phenoxy) is 1. The fourth-order valence-electron chi connectivity index (χ4n) is 2.38. The van der Waals surface area contributed by atoms with Crippen LogP contribution in [0.4, 0.5) is 8.78 Å². The lowest BCUT2D eigenvalue weighted by Crippen LogP contribution is -2.50. The van der Waals surface area contributed by atoms with Crippen LogP contribution >= 0.6 is 0 Å². The molecule has 0 radical (unpaired) electrons. The van der Waals surface area contributed by atoms with E-state index in [0.717, 1.165) is 0 Å². The number of halogens is 2. The fraction of sp³-hybridized carbons (Fsp3) is 0.462. The average molecular weight is 286 g/mol. The fourth-order valence-corrected chi connectivity index (χ4v) is 2.38. The number of carboxylic acids is 1. The van der Waals surface area contributed by atoms with Gasteiger partial charge in [0.05, 0.1) is 7.11 Å². The van der Waals surface area contributed by atoms with E-state index in [4.69, 9.17) is 10.8 Å². The number of carbonyl (C=O) groups is 1. The van der Waals surface area contributed by atoms with E-state index < -0.39 is 28.9 Å². The molecule has 3 N–H and O–H groups in total. The Labute approximate surface area is 114 Å². The Kier molecular flexibility index (Phi) is 3.92. The van der Waals surface area contributed by atoms with Gasteiger partial charge in [-0.3, -0.25) is 9.69 Å². The predicted octanol–water partition coefficient (Wildman–Crippen LogP) is 0.961. The van der Waals surface area contributed by atoms with Crippen molar-refractivity contribution in [3.05, 3.63) is 29.3 Å². The molecule has 1 heterocycles. The van der Waals surface area contributed by atoms with Gasteiger partial charge < -0.3 is 15.6 Å². The monoisotopic (exact) mass is 286 g/mol. The highest BCUT2D eigenvalue weighted by Crippen LogP contribution is 2.25. The smallest absolute Gasteiger partial charge is 0.325 e. The molecule has 1 aromatic carbocycles. The van der Waals surface area contributed by atoms with Gasteiger partial charge in [-0.1, -0.05) is 0 Å². The highest BCUT2D eigenvalue weighted by molar-refractivity contribution is 5.79. The Balaban J connectivity index is 2.11. The van der Waals surface area contributed by atoms with Gasteiger partial charge in [-0.15, -0.1) is 0 Å². The summed E-state index contributed by atoms with van der Waals surface area (Å²) in [6.07, 6.45) is 0.309. The largest absolute Gasteiger partial charge is 0.491 e. The van der Waals surface area contributed by atoms with Crippen molar-refractivity contribution in [3.63, 3.8) is 0 Å². The molecule has 1 aromatic rings. The van der Waals surface area contributed by atoms with Gasteiger partial charge in [-0.2, -0.15) is 0 Å². The van der Waals surface area contributed by atoms with Gasteiger partial charge in [0.1, 0.15) is 5.54 Å². The van der Waals surface area contributed by atoms with Crippen LogP contribution in [0.1, 0.15) is 12.0 Å². The molecule has 1 aliphatic rings. The Bertz CT molecular complexity index is 515. The maximum atomic E-state index is 13.6. The number of methoxy groups -OCH3 is 1. The summed E-state index contributed by atoms with van der Waals surface area (Å²) in [4.78, 5) is 12.8. The van der Waals surface area contributed by atoms with Crippen molar-refractivity contribution >= 4 is 5.97 Å². The van der Waals surface area contributed by atoms with Crippen molar-refractivity contribution in [3.8, 4) is 5.75 Å². The first-order valence-electron chi connectivity index (χ1n) is 6.12. The Morgan fingerprint density at radius 1 is 1.50 bits per heavy atom. The second-order valence-corrected chi connectivity index (χ2v) is 5.01. The normalized spacial score (nSPS) is 23.0. The molecule has 110 valence electrons. The van der Waals surface area contributed by atoms with E-state index in [1.54, 1.807) is 4.90 Å². The summed E-state index contributed by atoms with van der Waals surface area (Å²) < 4.78 is 31.7. The summed E-state index contributed by atoms with van der Waals surface area (Å²) in [6, 6.07) is 2.36. The third-order valence-electron chi connectivity index (χ3n) is 3.47. The minimum atomic E-state index is -1.29. The number of likely N-dealkylation sites (tertiary alicyclic amines) is 1. The van der Waals surface area contributed by atoms with E-state index in [1.165, 1.54) is 19.2 Å². The standard InChI is InChI=1S/C13H16F2N2O3/c1-20-11-9(14)4-8(5-10(11)15)6-17-3-2-13(16,7-17)12(18)19/h4-5H,2-3,6-7,16H2,1H3,(H,18,19)/t13-/m1/s1. The van der Waals surface area contributed by atoms with E-state index in [0.29, 0.717) is 18.5 Å². The van der Waals surface area contributed by atoms with E-state index in [9.17, 15) is 13.6 Å². The van der Waals surface area contributed by atoms with E-state index in [2.05, 4.69) is 4.74 Å². The number of hydrogen-bond donors (Lipinski definition) is 2. The summed E-state index contributed by atoms with van der Waals surface area (Å²) in [5.74, 6) is -3.04. The molecule has 0 aromatic heterocycles. The molecule has 5 nitrogen and oxygen atoms in total. The second-order valence-electron chi connectivity index (χ2n) is 5.01. The maximum Gasteiger partial charge on any atom is 0.325 e. The van der Waals surface area contributed by atoms with Gasteiger partial charge in [-0.25, -0.2) is 8.78 Å². The van der Waals surface area contributed by atoms with Crippen molar-refractivity contribution in [1.29, 1.82) is 0 Å². The lowest BCUT2D eigenvalue weighted by molar-refractivity contribution is -0.142. The highest BCUT2D eigenvalue weighted by Gasteiger charge is 2.41. The van der Waals surface area contributed by atoms with Crippen LogP contribution in [0.25, 0.3) is 0 Å². The van der Waals surface area contributed by atoms with Crippen molar-refractivity contribution in [2.24, 2.45) is 5.73 Å². The molecule has 1 atom stereocenters. The van der Waals surface area contributed by atoms with Crippen LogP contribution in [-0.4, -0.2) is 41.7 Å². The quantitative estimate of drug-likeness (QED) is 0.862. The molecule has 0 amide bonds. The van der Waals surface area contributed by atoms with Gasteiger partial charge in [0.15, 0.2) is 17.4 Å². The van der Waals surface area contributed by atoms with Crippen LogP contribution in [0.2, 0.25) is 0 Å². The van der Waals surface area contributed by atoms with Gasteiger partial charge in [0.2, 0.25) is 0 Å². The van der Waals surface area contributed by atoms with E-state index >= 15 is 0 Å². The summed E-state index contributed by atoms with van der Waals surface area (Å²) in [5.41, 5.74) is 4.87. The van der Waals surface area contributed by atoms with Crippen LogP contribution in [0, 0.1) is 11.6 Å². The van der Waals surface area contributed by atoms with Gasteiger partial charge in [-0.05, 0) is 24.1 Å². The highest BCUT2D eigenvalue weighted by atomic mass is 19.1. The summed E-state index contributed by atoms with van der Waals surface area (Å²) in [6.45, 7) is 0.861. The van der Waals surface area contributed by atoms with Crippen LogP contribution < -0.4 is 10.5 Å². The molecular weight excluding hydrogens is 270 g/mol. The topological polar surface area (TPSA) is 75.8 Å². The second kappa shape index (κ2) is 5.34. The van der Waals surface area contributed by atoms with Crippen LogP contribution in [0.3, 0.4) is 0 Å². The number of aliphatic carboxylic acids is 1. The Hall–Kier alpha value is -1.73. The zero-order valence-corrected chi connectivity index (χ0v) is 11.0. The number of benzene rings is 1. The molecule has 2 rings (SSSR count). The third kappa shape index (κ3) is 2.73. The maximum absolute atomic E-state index is 13.6. The molecule has 0 bridgehead atoms.